The second kappa shape index (κ2) is 6.61. The topological polar surface area (TPSA) is 47.3 Å². The summed E-state index contributed by atoms with van der Waals surface area (Å²) in [6.45, 7) is 2.47. The van der Waals surface area contributed by atoms with E-state index in [4.69, 9.17) is 16.9 Å². The molecular formula is C13H17ClN2O. The van der Waals surface area contributed by atoms with Gasteiger partial charge in [-0.2, -0.15) is 5.26 Å². The minimum atomic E-state index is -0.557. The number of nitriles is 1. The second-order valence-electron chi connectivity index (χ2n) is 4.22. The summed E-state index contributed by atoms with van der Waals surface area (Å²) in [6.07, 6.45) is -0.0949. The summed E-state index contributed by atoms with van der Waals surface area (Å²) in [5, 5.41) is 19.3. The van der Waals surface area contributed by atoms with Crippen LogP contribution in [0.4, 0.5) is 0 Å². The molecule has 3 nitrogen and oxygen atoms in total. The summed E-state index contributed by atoms with van der Waals surface area (Å²) >= 11 is 5.79. The van der Waals surface area contributed by atoms with Crippen LogP contribution in [0.1, 0.15) is 25.0 Å². The lowest BCUT2D eigenvalue weighted by Crippen LogP contribution is -2.32. The smallest absolute Gasteiger partial charge is 0.0916 e. The maximum Gasteiger partial charge on any atom is 0.0916 e. The number of hydrogen-bond acceptors (Lipinski definition) is 3. The molecule has 0 aliphatic carbocycles. The molecule has 1 aromatic carbocycles. The lowest BCUT2D eigenvalue weighted by Gasteiger charge is -2.25. The maximum atomic E-state index is 10.0. The van der Waals surface area contributed by atoms with Crippen molar-refractivity contribution in [3.63, 3.8) is 0 Å². The molecule has 2 atom stereocenters. The Morgan fingerprint density at radius 3 is 2.53 bits per heavy atom. The Kier molecular flexibility index (Phi) is 5.43. The largest absolute Gasteiger partial charge is 0.387 e. The lowest BCUT2D eigenvalue weighted by molar-refractivity contribution is 0.109. The highest BCUT2D eigenvalue weighted by Crippen LogP contribution is 2.18. The van der Waals surface area contributed by atoms with Gasteiger partial charge >= 0.3 is 0 Å². The molecule has 0 fully saturated rings. The van der Waals surface area contributed by atoms with Gasteiger partial charge in [0, 0.05) is 17.6 Å². The summed E-state index contributed by atoms with van der Waals surface area (Å²) in [7, 11) is 1.90. The zero-order valence-electron chi connectivity index (χ0n) is 10.1. The number of aliphatic hydroxyl groups excluding tert-OH is 1. The van der Waals surface area contributed by atoms with Crippen LogP contribution < -0.4 is 0 Å². The standard InChI is InChI=1S/C13H17ClN2O/c1-10(7-8-15)16(2)9-13(17)11-3-5-12(14)6-4-11/h3-6,10,13,17H,7,9H2,1-2H3. The monoisotopic (exact) mass is 252 g/mol. The van der Waals surface area contributed by atoms with Crippen LogP contribution in [-0.4, -0.2) is 29.6 Å². The molecule has 0 amide bonds. The van der Waals surface area contributed by atoms with E-state index in [1.54, 1.807) is 12.1 Å². The quantitative estimate of drug-likeness (QED) is 0.876. The molecule has 4 heteroatoms. The van der Waals surface area contributed by atoms with Crippen LogP contribution in [-0.2, 0) is 0 Å². The van der Waals surface area contributed by atoms with E-state index in [-0.39, 0.29) is 6.04 Å². The molecule has 0 aromatic heterocycles. The highest BCUT2D eigenvalue weighted by Gasteiger charge is 2.14. The van der Waals surface area contributed by atoms with Gasteiger partial charge in [0.15, 0.2) is 0 Å². The molecule has 1 aromatic rings. The fourth-order valence-electron chi connectivity index (χ4n) is 1.53. The van der Waals surface area contributed by atoms with E-state index in [0.717, 1.165) is 5.56 Å². The first-order valence-electron chi connectivity index (χ1n) is 5.55. The number of nitrogens with zero attached hydrogens (tertiary/aromatic N) is 2. The van der Waals surface area contributed by atoms with Gasteiger partial charge in [-0.1, -0.05) is 23.7 Å². The van der Waals surface area contributed by atoms with Crippen molar-refractivity contribution in [2.45, 2.75) is 25.5 Å². The van der Waals surface area contributed by atoms with Crippen molar-refractivity contribution < 1.29 is 5.11 Å². The molecule has 0 radical (unpaired) electrons. The highest BCUT2D eigenvalue weighted by atomic mass is 35.5. The molecule has 0 spiro atoms. The Bertz CT molecular complexity index is 385. The summed E-state index contributed by atoms with van der Waals surface area (Å²) in [6, 6.07) is 9.42. The molecule has 0 saturated carbocycles. The summed E-state index contributed by atoms with van der Waals surface area (Å²) < 4.78 is 0. The van der Waals surface area contributed by atoms with E-state index in [9.17, 15) is 5.11 Å². The van der Waals surface area contributed by atoms with Gasteiger partial charge in [0.05, 0.1) is 18.6 Å². The molecule has 0 aliphatic rings. The maximum absolute atomic E-state index is 10.0. The van der Waals surface area contributed by atoms with E-state index in [1.165, 1.54) is 0 Å². The third-order valence-corrected chi connectivity index (χ3v) is 3.11. The zero-order valence-corrected chi connectivity index (χ0v) is 10.9. The van der Waals surface area contributed by atoms with Crippen molar-refractivity contribution in [1.82, 2.24) is 4.90 Å². The number of likely N-dealkylation sites (N-methyl/N-ethyl adjacent to an activating group) is 1. The SMILES string of the molecule is CC(CC#N)N(C)CC(O)c1ccc(Cl)cc1. The number of hydrogen-bond donors (Lipinski definition) is 1. The van der Waals surface area contributed by atoms with Crippen LogP contribution in [0, 0.1) is 11.3 Å². The van der Waals surface area contributed by atoms with Crippen molar-refractivity contribution >= 4 is 11.6 Å². The van der Waals surface area contributed by atoms with Gasteiger partial charge in [-0.3, -0.25) is 4.90 Å². The van der Waals surface area contributed by atoms with Crippen molar-refractivity contribution in [2.75, 3.05) is 13.6 Å². The highest BCUT2D eigenvalue weighted by molar-refractivity contribution is 6.30. The predicted octanol–water partition coefficient (Wildman–Crippen LogP) is 2.61. The van der Waals surface area contributed by atoms with Crippen molar-refractivity contribution in [3.05, 3.63) is 34.9 Å². The Morgan fingerprint density at radius 1 is 1.41 bits per heavy atom. The minimum Gasteiger partial charge on any atom is -0.387 e. The minimum absolute atomic E-state index is 0.141. The zero-order chi connectivity index (χ0) is 12.8. The first kappa shape index (κ1) is 14.0. The molecule has 0 aliphatic heterocycles. The fraction of sp³-hybridized carbons (Fsp3) is 0.462. The van der Waals surface area contributed by atoms with Gasteiger partial charge in [0.25, 0.3) is 0 Å². The summed E-state index contributed by atoms with van der Waals surface area (Å²) in [4.78, 5) is 1.97. The van der Waals surface area contributed by atoms with E-state index in [1.807, 2.05) is 31.0 Å². The number of benzene rings is 1. The first-order valence-corrected chi connectivity index (χ1v) is 5.93. The molecule has 2 unspecified atom stereocenters. The average molecular weight is 253 g/mol. The average Bonchev–Trinajstić information content (AvgIpc) is 2.30. The van der Waals surface area contributed by atoms with Gasteiger partial charge in [-0.25, -0.2) is 0 Å². The Morgan fingerprint density at radius 2 is 2.00 bits per heavy atom. The van der Waals surface area contributed by atoms with E-state index in [2.05, 4.69) is 6.07 Å². The molecule has 1 rings (SSSR count). The molecular weight excluding hydrogens is 236 g/mol. The first-order chi connectivity index (χ1) is 8.04. The predicted molar refractivity (Wildman–Crippen MR) is 68.7 cm³/mol. The van der Waals surface area contributed by atoms with E-state index >= 15 is 0 Å². The molecule has 0 bridgehead atoms. The van der Waals surface area contributed by atoms with Crippen LogP contribution in [0.25, 0.3) is 0 Å². The number of aliphatic hydroxyl groups is 1. The Labute approximate surface area is 107 Å². The molecule has 0 heterocycles. The van der Waals surface area contributed by atoms with Gasteiger partial charge in [0.1, 0.15) is 0 Å². The third kappa shape index (κ3) is 4.35. The van der Waals surface area contributed by atoms with Gasteiger partial charge in [-0.15, -0.1) is 0 Å². The van der Waals surface area contributed by atoms with Gasteiger partial charge in [-0.05, 0) is 31.7 Å². The van der Waals surface area contributed by atoms with E-state index < -0.39 is 6.10 Å². The Balaban J connectivity index is 2.57. The molecule has 17 heavy (non-hydrogen) atoms. The molecule has 1 N–H and O–H groups in total. The van der Waals surface area contributed by atoms with Crippen molar-refractivity contribution in [2.24, 2.45) is 0 Å². The normalized spacial score (nSPS) is 14.4. The van der Waals surface area contributed by atoms with Crippen LogP contribution in [0.3, 0.4) is 0 Å². The van der Waals surface area contributed by atoms with Gasteiger partial charge in [0.2, 0.25) is 0 Å². The van der Waals surface area contributed by atoms with Crippen LogP contribution >= 0.6 is 11.6 Å². The molecule has 0 saturated heterocycles. The van der Waals surface area contributed by atoms with Crippen LogP contribution in [0.2, 0.25) is 5.02 Å². The van der Waals surface area contributed by atoms with Crippen LogP contribution in [0.5, 0.6) is 0 Å². The summed E-state index contributed by atoms with van der Waals surface area (Å²) in [5.74, 6) is 0. The third-order valence-electron chi connectivity index (χ3n) is 2.85. The van der Waals surface area contributed by atoms with E-state index in [0.29, 0.717) is 18.0 Å². The van der Waals surface area contributed by atoms with Crippen LogP contribution in [0.15, 0.2) is 24.3 Å². The van der Waals surface area contributed by atoms with Crippen molar-refractivity contribution in [1.29, 1.82) is 5.26 Å². The fourth-order valence-corrected chi connectivity index (χ4v) is 1.66. The lowest BCUT2D eigenvalue weighted by atomic mass is 10.1. The van der Waals surface area contributed by atoms with Gasteiger partial charge < -0.3 is 5.11 Å². The summed E-state index contributed by atoms with van der Waals surface area (Å²) in [5.41, 5.74) is 0.838. The Hall–Kier alpha value is -1.08. The van der Waals surface area contributed by atoms with Crippen molar-refractivity contribution in [3.8, 4) is 6.07 Å². The number of rotatable bonds is 5. The number of halogens is 1. The molecule has 92 valence electrons. The second-order valence-corrected chi connectivity index (χ2v) is 4.65.